The van der Waals surface area contributed by atoms with E-state index >= 15 is 0 Å². The van der Waals surface area contributed by atoms with Crippen LogP contribution >= 0.6 is 0 Å². The third-order valence-corrected chi connectivity index (χ3v) is 4.87. The molecule has 2 aromatic rings. The van der Waals surface area contributed by atoms with Crippen LogP contribution in [0.5, 0.6) is 11.5 Å². The smallest absolute Gasteiger partial charge is 0.322 e. The summed E-state index contributed by atoms with van der Waals surface area (Å²) in [6.45, 7) is 1.60. The van der Waals surface area contributed by atoms with Crippen LogP contribution in [0.15, 0.2) is 24.4 Å². The fourth-order valence-electron chi connectivity index (χ4n) is 3.47. The lowest BCUT2D eigenvalue weighted by Crippen LogP contribution is -2.51. The molecule has 1 saturated heterocycles. The number of nitrogens with zero attached hydrogens (tertiary/aromatic N) is 4. The van der Waals surface area contributed by atoms with E-state index < -0.39 is 0 Å². The van der Waals surface area contributed by atoms with E-state index in [-0.39, 0.29) is 18.2 Å². The van der Waals surface area contributed by atoms with E-state index in [0.29, 0.717) is 36.9 Å². The summed E-state index contributed by atoms with van der Waals surface area (Å²) in [6.07, 6.45) is 2.42. The second kappa shape index (κ2) is 6.83. The Morgan fingerprint density at radius 1 is 1.35 bits per heavy atom. The summed E-state index contributed by atoms with van der Waals surface area (Å²) in [5, 5.41) is 11.0. The van der Waals surface area contributed by atoms with Crippen LogP contribution in [0.2, 0.25) is 0 Å². The molecule has 0 unspecified atom stereocenters. The Morgan fingerprint density at radius 2 is 2.23 bits per heavy atom. The molecule has 1 aromatic heterocycles. The minimum atomic E-state index is -0.181. The van der Waals surface area contributed by atoms with Crippen LogP contribution in [0.25, 0.3) is 0 Å². The summed E-state index contributed by atoms with van der Waals surface area (Å²) in [5.41, 5.74) is 1.58. The molecule has 2 atom stereocenters. The van der Waals surface area contributed by atoms with Gasteiger partial charge in [0.05, 0.1) is 57.1 Å². The number of anilines is 1. The zero-order valence-corrected chi connectivity index (χ0v) is 14.7. The van der Waals surface area contributed by atoms with Gasteiger partial charge in [-0.3, -0.25) is 0 Å². The van der Waals surface area contributed by atoms with E-state index in [0.717, 1.165) is 12.1 Å². The van der Waals surface area contributed by atoms with E-state index in [1.807, 2.05) is 4.68 Å². The third kappa shape index (κ3) is 2.94. The number of nitrogens with one attached hydrogen (secondary N) is 1. The van der Waals surface area contributed by atoms with E-state index in [2.05, 4.69) is 15.6 Å². The van der Waals surface area contributed by atoms with Crippen molar-refractivity contribution in [2.45, 2.75) is 25.2 Å². The molecule has 138 valence electrons. The maximum absolute atomic E-state index is 12.7. The number of carbonyl (C=O) groups is 1. The molecule has 1 fully saturated rings. The highest BCUT2D eigenvalue weighted by molar-refractivity contribution is 5.91. The maximum atomic E-state index is 12.7. The average Bonchev–Trinajstić information content (AvgIpc) is 3.17. The van der Waals surface area contributed by atoms with Crippen molar-refractivity contribution in [3.63, 3.8) is 0 Å². The van der Waals surface area contributed by atoms with Gasteiger partial charge in [0.25, 0.3) is 0 Å². The number of aromatic nitrogens is 3. The number of carbonyl (C=O) groups excluding carboxylic acids is 1. The van der Waals surface area contributed by atoms with Crippen molar-refractivity contribution in [3.05, 3.63) is 30.1 Å². The number of piperidine rings is 1. The molecule has 0 aliphatic carbocycles. The zero-order chi connectivity index (χ0) is 18.1. The Kier molecular flexibility index (Phi) is 4.37. The number of rotatable bonds is 3. The van der Waals surface area contributed by atoms with Crippen molar-refractivity contribution < 1.29 is 19.0 Å². The van der Waals surface area contributed by atoms with E-state index in [1.54, 1.807) is 43.5 Å². The lowest BCUT2D eigenvalue weighted by Gasteiger charge is -2.40. The van der Waals surface area contributed by atoms with Gasteiger partial charge >= 0.3 is 6.03 Å². The van der Waals surface area contributed by atoms with Crippen molar-refractivity contribution in [2.75, 3.05) is 32.6 Å². The Bertz CT molecular complexity index is 808. The molecule has 2 aliphatic rings. The van der Waals surface area contributed by atoms with Gasteiger partial charge in [-0.15, -0.1) is 5.10 Å². The highest BCUT2D eigenvalue weighted by atomic mass is 16.5. The Balaban J connectivity index is 1.44. The number of hydrogen-bond acceptors (Lipinski definition) is 6. The molecule has 1 N–H and O–H groups in total. The fraction of sp³-hybridized carbons (Fsp3) is 0.471. The molecule has 1 aromatic carbocycles. The molecule has 2 amide bonds. The van der Waals surface area contributed by atoms with Crippen LogP contribution in [0.3, 0.4) is 0 Å². The molecule has 0 spiro atoms. The van der Waals surface area contributed by atoms with Gasteiger partial charge in [0, 0.05) is 12.6 Å². The number of hydrogen-bond donors (Lipinski definition) is 1. The molecule has 3 heterocycles. The number of urea groups is 1. The first kappa shape index (κ1) is 16.6. The summed E-state index contributed by atoms with van der Waals surface area (Å²) < 4.78 is 18.4. The van der Waals surface area contributed by atoms with E-state index in [1.165, 1.54) is 0 Å². The van der Waals surface area contributed by atoms with Gasteiger partial charge in [-0.25, -0.2) is 9.48 Å². The molecule has 2 aliphatic heterocycles. The van der Waals surface area contributed by atoms with Crippen LogP contribution < -0.4 is 14.8 Å². The summed E-state index contributed by atoms with van der Waals surface area (Å²) in [4.78, 5) is 14.5. The number of benzene rings is 1. The second-order valence-electron chi connectivity index (χ2n) is 6.32. The summed E-state index contributed by atoms with van der Waals surface area (Å²) in [5.74, 6) is 1.22. The maximum Gasteiger partial charge on any atom is 0.322 e. The predicted molar refractivity (Wildman–Crippen MR) is 92.4 cm³/mol. The highest BCUT2D eigenvalue weighted by Crippen LogP contribution is 2.32. The van der Waals surface area contributed by atoms with Crippen LogP contribution in [-0.2, 0) is 11.3 Å². The third-order valence-electron chi connectivity index (χ3n) is 4.87. The van der Waals surface area contributed by atoms with Crippen LogP contribution in [0.1, 0.15) is 18.2 Å². The quantitative estimate of drug-likeness (QED) is 0.897. The van der Waals surface area contributed by atoms with Crippen molar-refractivity contribution >= 4 is 11.7 Å². The molecule has 4 rings (SSSR count). The van der Waals surface area contributed by atoms with Gasteiger partial charge in [-0.1, -0.05) is 5.21 Å². The molecule has 0 bridgehead atoms. The molecule has 26 heavy (non-hydrogen) atoms. The van der Waals surface area contributed by atoms with Crippen LogP contribution in [0.4, 0.5) is 10.5 Å². The SMILES string of the molecule is COc1ccc(NC(=O)N2CC[C@H]3[C@H](C2)OCc2cnnn23)c(OC)c1. The first-order chi connectivity index (χ1) is 12.7. The predicted octanol–water partition coefficient (Wildman–Crippen LogP) is 1.67. The monoisotopic (exact) mass is 359 g/mol. The number of ether oxygens (including phenoxy) is 3. The zero-order valence-electron chi connectivity index (χ0n) is 14.7. The minimum absolute atomic E-state index is 0.0820. The van der Waals surface area contributed by atoms with E-state index in [4.69, 9.17) is 14.2 Å². The number of amides is 2. The van der Waals surface area contributed by atoms with Crippen molar-refractivity contribution in [3.8, 4) is 11.5 Å². The lowest BCUT2D eigenvalue weighted by atomic mass is 10.0. The van der Waals surface area contributed by atoms with Gasteiger partial charge in [0.15, 0.2) is 0 Å². The molecular formula is C17H21N5O4. The van der Waals surface area contributed by atoms with Gasteiger partial charge in [0.2, 0.25) is 0 Å². The molecule has 0 saturated carbocycles. The Morgan fingerprint density at radius 3 is 3.04 bits per heavy atom. The standard InChI is InChI=1S/C17H21N5O4/c1-24-12-3-4-13(15(7-12)25-2)19-17(23)21-6-5-14-16(9-21)26-10-11-8-18-20-22(11)14/h3-4,7-8,14,16H,5-6,9-10H2,1-2H3,(H,19,23)/t14-,16-/m0/s1. The Hall–Kier alpha value is -2.81. The molecule has 9 nitrogen and oxygen atoms in total. The topological polar surface area (TPSA) is 90.7 Å². The van der Waals surface area contributed by atoms with Gasteiger partial charge in [-0.05, 0) is 18.6 Å². The molecule has 0 radical (unpaired) electrons. The van der Waals surface area contributed by atoms with Gasteiger partial charge < -0.3 is 24.4 Å². The molecular weight excluding hydrogens is 338 g/mol. The Labute approximate surface area is 150 Å². The average molecular weight is 359 g/mol. The number of methoxy groups -OCH3 is 2. The largest absolute Gasteiger partial charge is 0.497 e. The fourth-order valence-corrected chi connectivity index (χ4v) is 3.47. The summed E-state index contributed by atoms with van der Waals surface area (Å²) >= 11 is 0. The minimum Gasteiger partial charge on any atom is -0.497 e. The van der Waals surface area contributed by atoms with E-state index in [9.17, 15) is 4.79 Å². The van der Waals surface area contributed by atoms with Crippen molar-refractivity contribution in [1.82, 2.24) is 19.9 Å². The van der Waals surface area contributed by atoms with Crippen molar-refractivity contribution in [1.29, 1.82) is 0 Å². The first-order valence-electron chi connectivity index (χ1n) is 8.48. The number of fused-ring (bicyclic) bond motifs is 3. The van der Waals surface area contributed by atoms with Crippen molar-refractivity contribution in [2.24, 2.45) is 0 Å². The van der Waals surface area contributed by atoms with Gasteiger partial charge in [-0.2, -0.15) is 0 Å². The summed E-state index contributed by atoms with van der Waals surface area (Å²) in [7, 11) is 3.14. The first-order valence-corrected chi connectivity index (χ1v) is 8.48. The lowest BCUT2D eigenvalue weighted by molar-refractivity contribution is -0.0595. The molecule has 9 heteroatoms. The normalized spacial score (nSPS) is 21.5. The van der Waals surface area contributed by atoms with Crippen LogP contribution in [0, 0.1) is 0 Å². The summed E-state index contributed by atoms with van der Waals surface area (Å²) in [6, 6.07) is 5.22. The van der Waals surface area contributed by atoms with Crippen LogP contribution in [-0.4, -0.2) is 59.3 Å². The van der Waals surface area contributed by atoms with Gasteiger partial charge in [0.1, 0.15) is 11.5 Å². The number of likely N-dealkylation sites (tertiary alicyclic amines) is 1. The highest BCUT2D eigenvalue weighted by Gasteiger charge is 2.37. The second-order valence-corrected chi connectivity index (χ2v) is 6.32.